The van der Waals surface area contributed by atoms with E-state index in [-0.39, 0.29) is 11.4 Å². The minimum absolute atomic E-state index is 0.271. The van der Waals surface area contributed by atoms with Crippen molar-refractivity contribution in [2.24, 2.45) is 40.4 Å². The van der Waals surface area contributed by atoms with Crippen LogP contribution in [-0.2, 0) is 4.74 Å². The standard InChI is InChI=1S/C35H48O3/c1-7-33(4,38-31(36)25-11-9-8-10-12-25)19-17-24(2)28-15-16-29-27-14-13-26-23-32(3,37)21-22-34(26,5)30(27)18-20-35(28,29)6/h1,8-13,24,27-30,37H,14-23H2,2-6H3/t24-,27+,28-,29+,30+,32+,33?,34+,35-/m1/s1. The summed E-state index contributed by atoms with van der Waals surface area (Å²) >= 11 is 0. The van der Waals surface area contributed by atoms with Gasteiger partial charge >= 0.3 is 5.97 Å². The summed E-state index contributed by atoms with van der Waals surface area (Å²) in [6.07, 6.45) is 19.5. The Morgan fingerprint density at radius 1 is 1.13 bits per heavy atom. The van der Waals surface area contributed by atoms with Crippen LogP contribution < -0.4 is 0 Å². The SMILES string of the molecule is C#CC(C)(CC[C@@H](C)[C@H]1CC[C@H]2[C@@H]3CC=C4C[C@@](C)(O)CC[C@]4(C)[C@H]3CC[C@]12C)OC(=O)c1ccccc1. The lowest BCUT2D eigenvalue weighted by molar-refractivity contribution is -0.0712. The molecule has 4 aliphatic rings. The predicted molar refractivity (Wildman–Crippen MR) is 153 cm³/mol. The van der Waals surface area contributed by atoms with Crippen molar-refractivity contribution in [1.29, 1.82) is 0 Å². The van der Waals surface area contributed by atoms with Crippen LogP contribution in [0.15, 0.2) is 42.0 Å². The van der Waals surface area contributed by atoms with Gasteiger partial charge in [0.2, 0.25) is 0 Å². The molecule has 0 heterocycles. The van der Waals surface area contributed by atoms with Crippen molar-refractivity contribution in [2.45, 2.75) is 110 Å². The molecule has 1 aromatic rings. The zero-order valence-corrected chi connectivity index (χ0v) is 24.3. The maximum atomic E-state index is 12.7. The molecule has 0 aliphatic heterocycles. The molecule has 3 saturated carbocycles. The van der Waals surface area contributed by atoms with Crippen LogP contribution in [0.1, 0.15) is 109 Å². The van der Waals surface area contributed by atoms with Gasteiger partial charge in [-0.3, -0.25) is 0 Å². The van der Waals surface area contributed by atoms with E-state index in [9.17, 15) is 9.90 Å². The molecule has 0 amide bonds. The van der Waals surface area contributed by atoms with Crippen LogP contribution >= 0.6 is 0 Å². The molecule has 206 valence electrons. The number of aliphatic hydroxyl groups is 1. The number of esters is 1. The minimum Gasteiger partial charge on any atom is -0.443 e. The van der Waals surface area contributed by atoms with Crippen molar-refractivity contribution < 1.29 is 14.6 Å². The average molecular weight is 517 g/mol. The molecule has 0 radical (unpaired) electrons. The Kier molecular flexibility index (Phi) is 7.13. The van der Waals surface area contributed by atoms with Gasteiger partial charge in [-0.1, -0.05) is 56.5 Å². The van der Waals surface area contributed by atoms with Crippen molar-refractivity contribution in [3.05, 3.63) is 47.5 Å². The van der Waals surface area contributed by atoms with Crippen molar-refractivity contribution in [2.75, 3.05) is 0 Å². The third kappa shape index (κ3) is 4.77. The van der Waals surface area contributed by atoms with Crippen molar-refractivity contribution in [1.82, 2.24) is 0 Å². The van der Waals surface area contributed by atoms with Gasteiger partial charge in [-0.25, -0.2) is 4.79 Å². The fourth-order valence-corrected chi connectivity index (χ4v) is 9.47. The van der Waals surface area contributed by atoms with Crippen molar-refractivity contribution in [3.63, 3.8) is 0 Å². The molecule has 0 spiro atoms. The number of carbonyl (C=O) groups excluding carboxylic acids is 1. The fourth-order valence-electron chi connectivity index (χ4n) is 9.47. The monoisotopic (exact) mass is 516 g/mol. The van der Waals surface area contributed by atoms with Crippen LogP contribution in [0.4, 0.5) is 0 Å². The second-order valence-corrected chi connectivity index (χ2v) is 14.3. The van der Waals surface area contributed by atoms with E-state index in [0.29, 0.717) is 29.2 Å². The average Bonchev–Trinajstić information content (AvgIpc) is 3.25. The summed E-state index contributed by atoms with van der Waals surface area (Å²) in [5.74, 6) is 5.99. The van der Waals surface area contributed by atoms with Crippen LogP contribution in [0, 0.1) is 52.8 Å². The van der Waals surface area contributed by atoms with E-state index in [1.165, 1.54) is 32.1 Å². The molecule has 1 N–H and O–H groups in total. The summed E-state index contributed by atoms with van der Waals surface area (Å²) < 4.78 is 5.87. The van der Waals surface area contributed by atoms with E-state index in [1.54, 1.807) is 17.7 Å². The zero-order valence-electron chi connectivity index (χ0n) is 24.3. The van der Waals surface area contributed by atoms with Gasteiger partial charge in [0, 0.05) is 0 Å². The lowest BCUT2D eigenvalue weighted by Crippen LogP contribution is -2.52. The van der Waals surface area contributed by atoms with Gasteiger partial charge in [0.1, 0.15) is 0 Å². The Balaban J connectivity index is 1.25. The van der Waals surface area contributed by atoms with Gasteiger partial charge in [0.05, 0.1) is 11.2 Å². The smallest absolute Gasteiger partial charge is 0.339 e. The van der Waals surface area contributed by atoms with E-state index in [0.717, 1.165) is 43.4 Å². The highest BCUT2D eigenvalue weighted by Crippen LogP contribution is 2.67. The molecule has 3 nitrogen and oxygen atoms in total. The van der Waals surface area contributed by atoms with Crippen LogP contribution in [-0.4, -0.2) is 22.3 Å². The second-order valence-electron chi connectivity index (χ2n) is 14.3. The highest BCUT2D eigenvalue weighted by atomic mass is 16.6. The molecule has 38 heavy (non-hydrogen) atoms. The number of allylic oxidation sites excluding steroid dienone is 1. The Morgan fingerprint density at radius 2 is 1.87 bits per heavy atom. The second kappa shape index (κ2) is 9.85. The molecule has 1 aromatic carbocycles. The predicted octanol–water partition coefficient (Wildman–Crippen LogP) is 7.98. The first-order valence-electron chi connectivity index (χ1n) is 15.1. The number of hydrogen-bond acceptors (Lipinski definition) is 3. The largest absolute Gasteiger partial charge is 0.443 e. The van der Waals surface area contributed by atoms with Crippen LogP contribution in [0.25, 0.3) is 0 Å². The Bertz CT molecular complexity index is 1110. The van der Waals surface area contributed by atoms with Crippen LogP contribution in [0.3, 0.4) is 0 Å². The quantitative estimate of drug-likeness (QED) is 0.237. The number of rotatable bonds is 6. The first-order chi connectivity index (χ1) is 17.9. The van der Waals surface area contributed by atoms with Crippen LogP contribution in [0.5, 0.6) is 0 Å². The lowest BCUT2D eigenvalue weighted by Gasteiger charge is -2.59. The summed E-state index contributed by atoms with van der Waals surface area (Å²) in [7, 11) is 0. The van der Waals surface area contributed by atoms with E-state index < -0.39 is 11.2 Å². The minimum atomic E-state index is -0.890. The van der Waals surface area contributed by atoms with Crippen LogP contribution in [0.2, 0.25) is 0 Å². The Hall–Kier alpha value is -2.05. The van der Waals surface area contributed by atoms with Gasteiger partial charge < -0.3 is 9.84 Å². The summed E-state index contributed by atoms with van der Waals surface area (Å²) in [5.41, 5.74) is 1.31. The highest BCUT2D eigenvalue weighted by Gasteiger charge is 2.59. The summed E-state index contributed by atoms with van der Waals surface area (Å²) in [6, 6.07) is 9.14. The first-order valence-corrected chi connectivity index (χ1v) is 15.1. The molecule has 0 bridgehead atoms. The molecule has 3 heteroatoms. The highest BCUT2D eigenvalue weighted by molar-refractivity contribution is 5.89. The van der Waals surface area contributed by atoms with Gasteiger partial charge in [0.15, 0.2) is 5.60 Å². The topological polar surface area (TPSA) is 46.5 Å². The number of carbonyl (C=O) groups is 1. The molecule has 0 saturated heterocycles. The number of fused-ring (bicyclic) bond motifs is 5. The summed E-state index contributed by atoms with van der Waals surface area (Å²) in [5, 5.41) is 10.8. The van der Waals surface area contributed by atoms with E-state index in [4.69, 9.17) is 11.2 Å². The molecule has 3 fully saturated rings. The molecule has 5 rings (SSSR count). The molecule has 4 aliphatic carbocycles. The molecular weight excluding hydrogens is 468 g/mol. The van der Waals surface area contributed by atoms with E-state index >= 15 is 0 Å². The van der Waals surface area contributed by atoms with E-state index in [1.807, 2.05) is 32.0 Å². The van der Waals surface area contributed by atoms with Crippen molar-refractivity contribution >= 4 is 5.97 Å². The maximum Gasteiger partial charge on any atom is 0.339 e. The normalized spacial score (nSPS) is 40.4. The van der Waals surface area contributed by atoms with Crippen molar-refractivity contribution in [3.8, 4) is 12.3 Å². The van der Waals surface area contributed by atoms with Gasteiger partial charge in [-0.05, 0) is 131 Å². The number of hydrogen-bond donors (Lipinski definition) is 1. The Morgan fingerprint density at radius 3 is 2.58 bits per heavy atom. The molecule has 9 atom stereocenters. The third-order valence-corrected chi connectivity index (χ3v) is 11.8. The van der Waals surface area contributed by atoms with Gasteiger partial charge in [0.25, 0.3) is 0 Å². The van der Waals surface area contributed by atoms with Gasteiger partial charge in [-0.15, -0.1) is 6.42 Å². The van der Waals surface area contributed by atoms with E-state index in [2.05, 4.69) is 32.8 Å². The maximum absolute atomic E-state index is 12.7. The zero-order chi connectivity index (χ0) is 27.3. The third-order valence-electron chi connectivity index (χ3n) is 11.8. The summed E-state index contributed by atoms with van der Waals surface area (Å²) in [6.45, 7) is 11.4. The molecular formula is C35H48O3. The number of terminal acetylenes is 1. The Labute approximate surface area is 230 Å². The number of benzene rings is 1. The summed E-state index contributed by atoms with van der Waals surface area (Å²) in [4.78, 5) is 12.7. The lowest BCUT2D eigenvalue weighted by atomic mass is 9.46. The fraction of sp³-hybridized carbons (Fsp3) is 0.686. The molecule has 0 aromatic heterocycles. The molecule has 1 unspecified atom stereocenters. The number of ether oxygens (including phenoxy) is 1. The van der Waals surface area contributed by atoms with Gasteiger partial charge in [-0.2, -0.15) is 0 Å². The first kappa shape index (κ1) is 27.5.